The van der Waals surface area contributed by atoms with Crippen molar-refractivity contribution in [1.29, 1.82) is 0 Å². The monoisotopic (exact) mass is 500 g/mol. The summed E-state index contributed by atoms with van der Waals surface area (Å²) < 4.78 is 34.1. The molecule has 0 atom stereocenters. The molecule has 0 unspecified atom stereocenters. The van der Waals surface area contributed by atoms with Gasteiger partial charge in [0.15, 0.2) is 0 Å². The van der Waals surface area contributed by atoms with Crippen molar-refractivity contribution >= 4 is 27.3 Å². The zero-order valence-electron chi connectivity index (χ0n) is 20.4. The van der Waals surface area contributed by atoms with Gasteiger partial charge in [-0.1, -0.05) is 42.0 Å². The van der Waals surface area contributed by atoms with Gasteiger partial charge in [-0.05, 0) is 92.6 Å². The molecular weight excluding hydrogens is 472 g/mol. The zero-order chi connectivity index (χ0) is 25.7. The van der Waals surface area contributed by atoms with E-state index in [0.717, 1.165) is 21.0 Å². The van der Waals surface area contributed by atoms with Crippen LogP contribution in [0.5, 0.6) is 11.5 Å². The highest BCUT2D eigenvalue weighted by Gasteiger charge is 2.27. The first-order valence-corrected chi connectivity index (χ1v) is 13.0. The summed E-state index contributed by atoms with van der Waals surface area (Å²) in [5, 5.41) is 2.79. The Bertz CT molecular complexity index is 1430. The van der Waals surface area contributed by atoms with E-state index in [9.17, 15) is 13.2 Å². The van der Waals surface area contributed by atoms with Gasteiger partial charge < -0.3 is 10.1 Å². The number of nitrogens with one attached hydrogen (secondary N) is 1. The van der Waals surface area contributed by atoms with Gasteiger partial charge >= 0.3 is 0 Å². The summed E-state index contributed by atoms with van der Waals surface area (Å²) in [7, 11) is -3.98. The van der Waals surface area contributed by atoms with Crippen molar-refractivity contribution in [2.45, 2.75) is 25.7 Å². The van der Waals surface area contributed by atoms with Crippen molar-refractivity contribution in [3.05, 3.63) is 114 Å². The number of carbonyl (C=O) groups excluding carboxylic acids is 1. The number of carbonyl (C=O) groups is 1. The van der Waals surface area contributed by atoms with Crippen LogP contribution in [0.15, 0.2) is 102 Å². The molecule has 184 valence electrons. The Kier molecular flexibility index (Phi) is 7.41. The molecule has 7 heteroatoms. The fraction of sp³-hybridized carbons (Fsp3) is 0.138. The number of hydrogen-bond donors (Lipinski definition) is 1. The highest BCUT2D eigenvalue weighted by molar-refractivity contribution is 7.92. The van der Waals surface area contributed by atoms with Crippen LogP contribution < -0.4 is 14.4 Å². The molecule has 4 aromatic rings. The maximum absolute atomic E-state index is 13.6. The van der Waals surface area contributed by atoms with Crippen LogP contribution in [-0.2, 0) is 14.8 Å². The van der Waals surface area contributed by atoms with Crippen molar-refractivity contribution in [3.8, 4) is 11.5 Å². The second-order valence-corrected chi connectivity index (χ2v) is 10.5. The lowest BCUT2D eigenvalue weighted by Crippen LogP contribution is -2.38. The maximum atomic E-state index is 13.6. The molecule has 6 nitrogen and oxygen atoms in total. The largest absolute Gasteiger partial charge is 0.457 e. The van der Waals surface area contributed by atoms with Crippen LogP contribution in [0, 0.1) is 20.8 Å². The number of ether oxygens (including phenoxy) is 1. The van der Waals surface area contributed by atoms with Crippen molar-refractivity contribution in [1.82, 2.24) is 0 Å². The standard InChI is InChI=1S/C29H28N2O4S/c1-21-9-15-28(16-10-21)36(33,34)31(25-18-22(2)17-23(3)19-25)20-29(32)30-24-11-13-27(14-12-24)35-26-7-5-4-6-8-26/h4-19H,20H2,1-3H3,(H,30,32). The Morgan fingerprint density at radius 2 is 1.33 bits per heavy atom. The molecule has 0 aliphatic heterocycles. The van der Waals surface area contributed by atoms with Crippen LogP contribution in [0.1, 0.15) is 16.7 Å². The van der Waals surface area contributed by atoms with Gasteiger partial charge in [0.25, 0.3) is 10.0 Å². The Morgan fingerprint density at radius 3 is 1.94 bits per heavy atom. The summed E-state index contributed by atoms with van der Waals surface area (Å²) in [6, 6.07) is 28.4. The molecule has 4 rings (SSSR count). The second-order valence-electron chi connectivity index (χ2n) is 8.66. The zero-order valence-corrected chi connectivity index (χ0v) is 21.2. The van der Waals surface area contributed by atoms with Crippen LogP contribution >= 0.6 is 0 Å². The molecule has 0 aromatic heterocycles. The number of para-hydroxylation sites is 1. The van der Waals surface area contributed by atoms with Gasteiger partial charge in [0, 0.05) is 5.69 Å². The normalized spacial score (nSPS) is 11.1. The molecule has 1 amide bonds. The van der Waals surface area contributed by atoms with Crippen LogP contribution in [0.4, 0.5) is 11.4 Å². The van der Waals surface area contributed by atoms with E-state index < -0.39 is 15.9 Å². The minimum atomic E-state index is -3.98. The van der Waals surface area contributed by atoms with Crippen molar-refractivity contribution in [3.63, 3.8) is 0 Å². The predicted molar refractivity (Wildman–Crippen MR) is 143 cm³/mol. The summed E-state index contributed by atoms with van der Waals surface area (Å²) in [5.74, 6) is 0.874. The van der Waals surface area contributed by atoms with E-state index in [1.807, 2.05) is 57.2 Å². The lowest BCUT2D eigenvalue weighted by Gasteiger charge is -2.25. The van der Waals surface area contributed by atoms with E-state index in [1.165, 1.54) is 0 Å². The van der Waals surface area contributed by atoms with Gasteiger partial charge in [0.05, 0.1) is 10.6 Å². The molecule has 0 spiro atoms. The molecule has 0 saturated heterocycles. The Morgan fingerprint density at radius 1 is 0.750 bits per heavy atom. The van der Waals surface area contributed by atoms with Crippen molar-refractivity contribution in [2.75, 3.05) is 16.2 Å². The number of amides is 1. The number of benzene rings is 4. The summed E-state index contributed by atoms with van der Waals surface area (Å²) >= 11 is 0. The van der Waals surface area contributed by atoms with Crippen molar-refractivity contribution < 1.29 is 17.9 Å². The lowest BCUT2D eigenvalue weighted by atomic mass is 10.1. The molecule has 0 fully saturated rings. The van der Waals surface area contributed by atoms with E-state index in [1.54, 1.807) is 60.7 Å². The molecule has 0 aliphatic rings. The molecule has 0 radical (unpaired) electrons. The van der Waals surface area contributed by atoms with Gasteiger partial charge in [-0.15, -0.1) is 0 Å². The molecule has 0 bridgehead atoms. The first kappa shape index (κ1) is 25.0. The van der Waals surface area contributed by atoms with Crippen LogP contribution in [-0.4, -0.2) is 20.9 Å². The van der Waals surface area contributed by atoms with Gasteiger partial charge in [-0.3, -0.25) is 9.10 Å². The highest BCUT2D eigenvalue weighted by atomic mass is 32.2. The summed E-state index contributed by atoms with van der Waals surface area (Å²) in [4.78, 5) is 13.2. The Balaban J connectivity index is 1.55. The smallest absolute Gasteiger partial charge is 0.264 e. The molecule has 36 heavy (non-hydrogen) atoms. The topological polar surface area (TPSA) is 75.7 Å². The molecule has 0 heterocycles. The molecule has 0 saturated carbocycles. The van der Waals surface area contributed by atoms with Gasteiger partial charge in [-0.2, -0.15) is 0 Å². The molecule has 1 N–H and O–H groups in total. The first-order chi connectivity index (χ1) is 17.2. The van der Waals surface area contributed by atoms with Crippen LogP contribution in [0.2, 0.25) is 0 Å². The van der Waals surface area contributed by atoms with Gasteiger partial charge in [0.2, 0.25) is 5.91 Å². The third-order valence-electron chi connectivity index (χ3n) is 5.51. The first-order valence-electron chi connectivity index (χ1n) is 11.5. The van der Waals surface area contributed by atoms with Gasteiger partial charge in [0.1, 0.15) is 18.0 Å². The highest BCUT2D eigenvalue weighted by Crippen LogP contribution is 2.27. The number of rotatable bonds is 8. The molecule has 0 aliphatic carbocycles. The Hall–Kier alpha value is -4.10. The van der Waals surface area contributed by atoms with E-state index in [0.29, 0.717) is 22.9 Å². The lowest BCUT2D eigenvalue weighted by molar-refractivity contribution is -0.114. The summed E-state index contributed by atoms with van der Waals surface area (Å²) in [5.41, 5.74) is 3.74. The number of nitrogens with zero attached hydrogens (tertiary/aromatic N) is 1. The number of aryl methyl sites for hydroxylation is 3. The molecule has 4 aromatic carbocycles. The van der Waals surface area contributed by atoms with Gasteiger partial charge in [-0.25, -0.2) is 8.42 Å². The van der Waals surface area contributed by atoms with E-state index in [2.05, 4.69) is 5.32 Å². The predicted octanol–water partition coefficient (Wildman–Crippen LogP) is 6.24. The third-order valence-corrected chi connectivity index (χ3v) is 7.30. The van der Waals surface area contributed by atoms with Crippen LogP contribution in [0.25, 0.3) is 0 Å². The Labute approximate surface area is 212 Å². The number of hydrogen-bond acceptors (Lipinski definition) is 4. The second kappa shape index (κ2) is 10.7. The minimum Gasteiger partial charge on any atom is -0.457 e. The van der Waals surface area contributed by atoms with E-state index in [4.69, 9.17) is 4.74 Å². The minimum absolute atomic E-state index is 0.127. The fourth-order valence-corrected chi connectivity index (χ4v) is 5.21. The van der Waals surface area contributed by atoms with E-state index >= 15 is 0 Å². The SMILES string of the molecule is Cc1ccc(S(=O)(=O)N(CC(=O)Nc2ccc(Oc3ccccc3)cc2)c2cc(C)cc(C)c2)cc1. The fourth-order valence-electron chi connectivity index (χ4n) is 3.81. The van der Waals surface area contributed by atoms with E-state index in [-0.39, 0.29) is 11.4 Å². The molecular formula is C29H28N2O4S. The van der Waals surface area contributed by atoms with Crippen LogP contribution in [0.3, 0.4) is 0 Å². The average Bonchev–Trinajstić information content (AvgIpc) is 2.84. The summed E-state index contributed by atoms with van der Waals surface area (Å²) in [6.45, 7) is 5.31. The number of sulfonamides is 1. The average molecular weight is 501 g/mol. The quantitative estimate of drug-likeness (QED) is 0.311. The summed E-state index contributed by atoms with van der Waals surface area (Å²) in [6.07, 6.45) is 0. The third kappa shape index (κ3) is 6.12. The maximum Gasteiger partial charge on any atom is 0.264 e. The number of anilines is 2. The van der Waals surface area contributed by atoms with Crippen molar-refractivity contribution in [2.24, 2.45) is 0 Å².